The van der Waals surface area contributed by atoms with Crippen LogP contribution >= 0.6 is 23.4 Å². The van der Waals surface area contributed by atoms with Gasteiger partial charge in [0.2, 0.25) is 0 Å². The van der Waals surface area contributed by atoms with Gasteiger partial charge in [0.05, 0.1) is 5.69 Å². The number of nitrogens with one attached hydrogen (secondary N) is 1. The van der Waals surface area contributed by atoms with E-state index in [9.17, 15) is 0 Å². The maximum absolute atomic E-state index is 9.11. The van der Waals surface area contributed by atoms with E-state index in [1.165, 1.54) is 11.8 Å². The highest BCUT2D eigenvalue weighted by molar-refractivity contribution is 7.98. The number of halogens is 1. The van der Waals surface area contributed by atoms with E-state index in [1.54, 1.807) is 6.07 Å². The highest BCUT2D eigenvalue weighted by atomic mass is 35.5. The van der Waals surface area contributed by atoms with Crippen LogP contribution in [-0.2, 0) is 0 Å². The fourth-order valence-corrected chi connectivity index (χ4v) is 2.15. The SMILES string of the molecule is CSc1n[nH]c(-c2ccccc2Cl)c1C#N. The van der Waals surface area contributed by atoms with E-state index in [0.717, 1.165) is 5.56 Å². The van der Waals surface area contributed by atoms with Gasteiger partial charge >= 0.3 is 0 Å². The van der Waals surface area contributed by atoms with Crippen molar-refractivity contribution in [2.75, 3.05) is 6.26 Å². The van der Waals surface area contributed by atoms with E-state index in [0.29, 0.717) is 21.3 Å². The van der Waals surface area contributed by atoms with Crippen molar-refractivity contribution in [2.45, 2.75) is 5.03 Å². The van der Waals surface area contributed by atoms with Crippen LogP contribution in [0.3, 0.4) is 0 Å². The summed E-state index contributed by atoms with van der Waals surface area (Å²) >= 11 is 7.51. The van der Waals surface area contributed by atoms with E-state index < -0.39 is 0 Å². The summed E-state index contributed by atoms with van der Waals surface area (Å²) in [6.45, 7) is 0. The summed E-state index contributed by atoms with van der Waals surface area (Å²) in [5, 5.41) is 17.3. The minimum Gasteiger partial charge on any atom is -0.275 e. The van der Waals surface area contributed by atoms with Crippen molar-refractivity contribution in [3.63, 3.8) is 0 Å². The minimum absolute atomic E-state index is 0.542. The molecule has 5 heteroatoms. The molecule has 0 atom stereocenters. The first-order valence-electron chi connectivity index (χ1n) is 4.55. The summed E-state index contributed by atoms with van der Waals surface area (Å²) < 4.78 is 0. The third kappa shape index (κ3) is 1.80. The Kier molecular flexibility index (Phi) is 3.18. The predicted octanol–water partition coefficient (Wildman–Crippen LogP) is 3.32. The molecule has 0 spiro atoms. The van der Waals surface area contributed by atoms with Crippen LogP contribution in [-0.4, -0.2) is 16.5 Å². The van der Waals surface area contributed by atoms with Crippen molar-refractivity contribution in [3.8, 4) is 17.3 Å². The van der Waals surface area contributed by atoms with Gasteiger partial charge in [0.25, 0.3) is 0 Å². The average molecular weight is 250 g/mol. The first kappa shape index (κ1) is 11.1. The normalized spacial score (nSPS) is 10.1. The molecule has 1 aromatic carbocycles. The second kappa shape index (κ2) is 4.60. The molecule has 3 nitrogen and oxygen atoms in total. The molecule has 1 heterocycles. The zero-order valence-electron chi connectivity index (χ0n) is 8.49. The molecule has 0 aliphatic rings. The summed E-state index contributed by atoms with van der Waals surface area (Å²) in [5.74, 6) is 0. The fourth-order valence-electron chi connectivity index (χ4n) is 1.44. The van der Waals surface area contributed by atoms with Crippen molar-refractivity contribution < 1.29 is 0 Å². The number of aromatic amines is 1. The predicted molar refractivity (Wildman–Crippen MR) is 65.5 cm³/mol. The number of thioether (sulfide) groups is 1. The van der Waals surface area contributed by atoms with Crippen molar-refractivity contribution in [3.05, 3.63) is 34.9 Å². The minimum atomic E-state index is 0.542. The van der Waals surface area contributed by atoms with Gasteiger partial charge in [-0.1, -0.05) is 29.8 Å². The highest BCUT2D eigenvalue weighted by Crippen LogP contribution is 2.32. The molecular weight excluding hydrogens is 242 g/mol. The number of nitriles is 1. The number of benzene rings is 1. The maximum atomic E-state index is 9.11. The molecule has 16 heavy (non-hydrogen) atoms. The molecule has 0 radical (unpaired) electrons. The first-order valence-corrected chi connectivity index (χ1v) is 6.15. The number of nitrogens with zero attached hydrogens (tertiary/aromatic N) is 2. The number of rotatable bonds is 2. The summed E-state index contributed by atoms with van der Waals surface area (Å²) in [4.78, 5) is 0. The lowest BCUT2D eigenvalue weighted by atomic mass is 10.1. The maximum Gasteiger partial charge on any atom is 0.136 e. The molecule has 0 fully saturated rings. The Morgan fingerprint density at radius 2 is 2.19 bits per heavy atom. The van der Waals surface area contributed by atoms with Gasteiger partial charge in [-0.15, -0.1) is 11.8 Å². The van der Waals surface area contributed by atoms with Gasteiger partial charge in [-0.3, -0.25) is 5.10 Å². The quantitative estimate of drug-likeness (QED) is 0.831. The molecule has 0 saturated carbocycles. The molecule has 2 aromatic rings. The Hall–Kier alpha value is -1.44. The molecule has 0 amide bonds. The molecule has 80 valence electrons. The summed E-state index contributed by atoms with van der Waals surface area (Å²) in [5.41, 5.74) is 2.02. The standard InChI is InChI=1S/C11H8ClN3S/c1-16-11-8(6-13)10(14-15-11)7-4-2-3-5-9(7)12/h2-5H,1H3,(H,14,15). The van der Waals surface area contributed by atoms with Crippen LogP contribution in [0.1, 0.15) is 5.56 Å². The monoisotopic (exact) mass is 249 g/mol. The summed E-state index contributed by atoms with van der Waals surface area (Å²) in [6, 6.07) is 9.53. The highest BCUT2D eigenvalue weighted by Gasteiger charge is 2.15. The Balaban J connectivity index is 2.62. The Bertz CT molecular complexity index is 557. The first-order chi connectivity index (χ1) is 7.77. The molecule has 1 aromatic heterocycles. The van der Waals surface area contributed by atoms with E-state index in [2.05, 4.69) is 16.3 Å². The van der Waals surface area contributed by atoms with Gasteiger partial charge in [0, 0.05) is 10.6 Å². The fraction of sp³-hybridized carbons (Fsp3) is 0.0909. The van der Waals surface area contributed by atoms with Crippen molar-refractivity contribution >= 4 is 23.4 Å². The zero-order chi connectivity index (χ0) is 11.5. The lowest BCUT2D eigenvalue weighted by Gasteiger charge is -2.00. The molecule has 0 aliphatic heterocycles. The van der Waals surface area contributed by atoms with E-state index >= 15 is 0 Å². The van der Waals surface area contributed by atoms with Gasteiger partial charge in [-0.2, -0.15) is 10.4 Å². The third-order valence-corrected chi connectivity index (χ3v) is 3.19. The largest absolute Gasteiger partial charge is 0.275 e. The Labute approximate surface area is 102 Å². The molecule has 0 aliphatic carbocycles. The number of hydrogen-bond donors (Lipinski definition) is 1. The number of hydrogen-bond acceptors (Lipinski definition) is 3. The lowest BCUT2D eigenvalue weighted by Crippen LogP contribution is -1.83. The van der Waals surface area contributed by atoms with Crippen LogP contribution in [0.2, 0.25) is 5.02 Å². The second-order valence-corrected chi connectivity index (χ2v) is 4.28. The molecular formula is C11H8ClN3S. The van der Waals surface area contributed by atoms with Crippen LogP contribution < -0.4 is 0 Å². The third-order valence-electron chi connectivity index (χ3n) is 2.18. The zero-order valence-corrected chi connectivity index (χ0v) is 10.1. The average Bonchev–Trinajstić information content (AvgIpc) is 2.72. The van der Waals surface area contributed by atoms with E-state index in [-0.39, 0.29) is 0 Å². The van der Waals surface area contributed by atoms with Crippen molar-refractivity contribution in [1.82, 2.24) is 10.2 Å². The lowest BCUT2D eigenvalue weighted by molar-refractivity contribution is 1.01. The molecule has 0 unspecified atom stereocenters. The summed E-state index contributed by atoms with van der Waals surface area (Å²) in [6.07, 6.45) is 1.88. The number of aromatic nitrogens is 2. The van der Waals surface area contributed by atoms with Crippen LogP contribution in [0.25, 0.3) is 11.3 Å². The van der Waals surface area contributed by atoms with Crippen LogP contribution in [0.5, 0.6) is 0 Å². The molecule has 0 bridgehead atoms. The Morgan fingerprint density at radius 1 is 1.44 bits per heavy atom. The molecule has 2 rings (SSSR count). The van der Waals surface area contributed by atoms with Crippen LogP contribution in [0, 0.1) is 11.3 Å². The van der Waals surface area contributed by atoms with Crippen LogP contribution in [0.15, 0.2) is 29.3 Å². The van der Waals surface area contributed by atoms with E-state index in [1.807, 2.05) is 24.5 Å². The van der Waals surface area contributed by atoms with Gasteiger partial charge < -0.3 is 0 Å². The number of H-pyrrole nitrogens is 1. The molecule has 1 N–H and O–H groups in total. The molecule has 0 saturated heterocycles. The van der Waals surface area contributed by atoms with E-state index in [4.69, 9.17) is 16.9 Å². The smallest absolute Gasteiger partial charge is 0.136 e. The van der Waals surface area contributed by atoms with Gasteiger partial charge in [0.15, 0.2) is 0 Å². The van der Waals surface area contributed by atoms with Gasteiger partial charge in [-0.25, -0.2) is 0 Å². The topological polar surface area (TPSA) is 52.5 Å². The summed E-state index contributed by atoms with van der Waals surface area (Å²) in [7, 11) is 0. The van der Waals surface area contributed by atoms with Gasteiger partial charge in [0.1, 0.15) is 16.7 Å². The van der Waals surface area contributed by atoms with Crippen LogP contribution in [0.4, 0.5) is 0 Å². The van der Waals surface area contributed by atoms with Crippen molar-refractivity contribution in [2.24, 2.45) is 0 Å². The van der Waals surface area contributed by atoms with Gasteiger partial charge in [-0.05, 0) is 12.3 Å². The second-order valence-electron chi connectivity index (χ2n) is 3.07. The van der Waals surface area contributed by atoms with Crippen molar-refractivity contribution in [1.29, 1.82) is 5.26 Å². The Morgan fingerprint density at radius 3 is 2.81 bits per heavy atom.